The van der Waals surface area contributed by atoms with E-state index in [1.54, 1.807) is 12.1 Å². The van der Waals surface area contributed by atoms with Gasteiger partial charge in [-0.15, -0.1) is 0 Å². The quantitative estimate of drug-likeness (QED) is 0.838. The standard InChI is InChI=1S/C19H20ClFN4/c20-15-4-3-5-16(21)14(15)12-25-9-7-17-13(11-25)10-23-19(24-17)18-6-1-2-8-22-18/h3-5,10H,1-2,6-9,11-12H2. The largest absolute Gasteiger partial charge is 0.294 e. The summed E-state index contributed by atoms with van der Waals surface area (Å²) in [6.45, 7) is 2.93. The Kier molecular flexibility index (Phi) is 4.77. The Morgan fingerprint density at radius 3 is 2.92 bits per heavy atom. The van der Waals surface area contributed by atoms with Crippen LogP contribution >= 0.6 is 11.6 Å². The van der Waals surface area contributed by atoms with Crippen LogP contribution < -0.4 is 0 Å². The first-order valence-corrected chi connectivity index (χ1v) is 9.12. The van der Waals surface area contributed by atoms with Crippen LogP contribution in [0.3, 0.4) is 0 Å². The summed E-state index contributed by atoms with van der Waals surface area (Å²) in [4.78, 5) is 16.0. The Morgan fingerprint density at radius 1 is 1.20 bits per heavy atom. The molecule has 0 bridgehead atoms. The molecular formula is C19H20ClFN4. The van der Waals surface area contributed by atoms with Gasteiger partial charge in [-0.2, -0.15) is 0 Å². The lowest BCUT2D eigenvalue weighted by molar-refractivity contribution is 0.239. The van der Waals surface area contributed by atoms with Crippen molar-refractivity contribution in [1.82, 2.24) is 14.9 Å². The zero-order chi connectivity index (χ0) is 17.2. The summed E-state index contributed by atoms with van der Waals surface area (Å²) in [5, 5.41) is 0.479. The first-order valence-electron chi connectivity index (χ1n) is 8.74. The molecule has 0 saturated carbocycles. The van der Waals surface area contributed by atoms with Crippen molar-refractivity contribution < 1.29 is 4.39 Å². The Bertz CT molecular complexity index is 801. The minimum absolute atomic E-state index is 0.250. The van der Waals surface area contributed by atoms with Crippen molar-refractivity contribution in [2.45, 2.75) is 38.8 Å². The molecule has 2 aliphatic rings. The van der Waals surface area contributed by atoms with Gasteiger partial charge in [-0.05, 0) is 31.4 Å². The first-order chi connectivity index (χ1) is 12.2. The third-order valence-corrected chi connectivity index (χ3v) is 5.19. The lowest BCUT2D eigenvalue weighted by Crippen LogP contribution is -2.31. The van der Waals surface area contributed by atoms with Crippen molar-refractivity contribution in [2.75, 3.05) is 13.1 Å². The highest BCUT2D eigenvalue weighted by molar-refractivity contribution is 6.31. The van der Waals surface area contributed by atoms with E-state index < -0.39 is 0 Å². The summed E-state index contributed by atoms with van der Waals surface area (Å²) >= 11 is 6.15. The number of rotatable bonds is 3. The van der Waals surface area contributed by atoms with Crippen molar-refractivity contribution in [2.24, 2.45) is 4.99 Å². The number of aromatic nitrogens is 2. The number of fused-ring (bicyclic) bond motifs is 1. The number of hydrogen-bond acceptors (Lipinski definition) is 4. The van der Waals surface area contributed by atoms with Gasteiger partial charge in [0.2, 0.25) is 0 Å². The van der Waals surface area contributed by atoms with Gasteiger partial charge in [-0.25, -0.2) is 14.4 Å². The third-order valence-electron chi connectivity index (χ3n) is 4.84. The molecule has 4 rings (SSSR count). The van der Waals surface area contributed by atoms with Gasteiger partial charge in [0, 0.05) is 54.9 Å². The average molecular weight is 359 g/mol. The Hall–Kier alpha value is -1.85. The van der Waals surface area contributed by atoms with Crippen LogP contribution in [-0.4, -0.2) is 33.7 Å². The van der Waals surface area contributed by atoms with Crippen LogP contribution in [0, 0.1) is 5.82 Å². The third kappa shape index (κ3) is 3.58. The van der Waals surface area contributed by atoms with Gasteiger partial charge < -0.3 is 0 Å². The van der Waals surface area contributed by atoms with E-state index >= 15 is 0 Å². The topological polar surface area (TPSA) is 41.4 Å². The minimum Gasteiger partial charge on any atom is -0.294 e. The number of nitrogens with zero attached hydrogens (tertiary/aromatic N) is 4. The molecule has 0 unspecified atom stereocenters. The molecule has 4 nitrogen and oxygen atoms in total. The van der Waals surface area contributed by atoms with Crippen molar-refractivity contribution >= 4 is 17.3 Å². The Balaban J connectivity index is 1.51. The molecule has 0 spiro atoms. The molecular weight excluding hydrogens is 339 g/mol. The molecule has 130 valence electrons. The van der Waals surface area contributed by atoms with Gasteiger partial charge in [0.25, 0.3) is 0 Å². The molecule has 1 aromatic heterocycles. The molecule has 0 fully saturated rings. The van der Waals surface area contributed by atoms with Crippen LogP contribution in [0.5, 0.6) is 0 Å². The van der Waals surface area contributed by atoms with Crippen LogP contribution in [-0.2, 0) is 19.5 Å². The molecule has 0 aliphatic carbocycles. The monoisotopic (exact) mass is 358 g/mol. The maximum Gasteiger partial charge on any atom is 0.173 e. The number of halogens is 2. The summed E-state index contributed by atoms with van der Waals surface area (Å²) < 4.78 is 14.0. The molecule has 2 aromatic rings. The van der Waals surface area contributed by atoms with Crippen molar-refractivity contribution in [1.29, 1.82) is 0 Å². The fourth-order valence-electron chi connectivity index (χ4n) is 3.44. The van der Waals surface area contributed by atoms with Gasteiger partial charge in [-0.1, -0.05) is 17.7 Å². The van der Waals surface area contributed by atoms with Crippen LogP contribution in [0.2, 0.25) is 5.02 Å². The summed E-state index contributed by atoms with van der Waals surface area (Å²) in [6, 6.07) is 4.83. The first kappa shape index (κ1) is 16.6. The fraction of sp³-hybridized carbons (Fsp3) is 0.421. The lowest BCUT2D eigenvalue weighted by Gasteiger charge is -2.28. The van der Waals surface area contributed by atoms with E-state index in [2.05, 4.69) is 14.9 Å². The molecule has 3 heterocycles. The van der Waals surface area contributed by atoms with Gasteiger partial charge in [0.15, 0.2) is 5.82 Å². The van der Waals surface area contributed by atoms with E-state index in [0.717, 1.165) is 61.6 Å². The molecule has 0 saturated heterocycles. The molecule has 0 N–H and O–H groups in total. The Morgan fingerprint density at radius 2 is 2.12 bits per heavy atom. The van der Waals surface area contributed by atoms with Crippen molar-refractivity contribution in [3.05, 3.63) is 57.9 Å². The van der Waals surface area contributed by atoms with E-state index in [0.29, 0.717) is 23.7 Å². The predicted octanol–water partition coefficient (Wildman–Crippen LogP) is 3.80. The Labute approximate surface area is 151 Å². The second kappa shape index (κ2) is 7.18. The van der Waals surface area contributed by atoms with Crippen LogP contribution in [0.25, 0.3) is 0 Å². The molecule has 25 heavy (non-hydrogen) atoms. The second-order valence-corrected chi connectivity index (χ2v) is 7.02. The number of hydrogen-bond donors (Lipinski definition) is 0. The summed E-state index contributed by atoms with van der Waals surface area (Å²) in [7, 11) is 0. The zero-order valence-electron chi connectivity index (χ0n) is 14.0. The average Bonchev–Trinajstić information content (AvgIpc) is 2.65. The highest BCUT2D eigenvalue weighted by atomic mass is 35.5. The number of aliphatic imine (C=N–C) groups is 1. The van der Waals surface area contributed by atoms with E-state index in [1.165, 1.54) is 6.07 Å². The highest BCUT2D eigenvalue weighted by Crippen LogP contribution is 2.24. The van der Waals surface area contributed by atoms with Crippen LogP contribution in [0.1, 0.15) is 41.9 Å². The molecule has 0 amide bonds. The normalized spacial score (nSPS) is 17.9. The summed E-state index contributed by atoms with van der Waals surface area (Å²) in [6.07, 6.45) is 6.03. The molecule has 0 radical (unpaired) electrons. The van der Waals surface area contributed by atoms with Crippen LogP contribution in [0.15, 0.2) is 29.4 Å². The summed E-state index contributed by atoms with van der Waals surface area (Å²) in [5.41, 5.74) is 3.80. The molecule has 0 atom stereocenters. The highest BCUT2D eigenvalue weighted by Gasteiger charge is 2.21. The van der Waals surface area contributed by atoms with Gasteiger partial charge in [0.05, 0.1) is 11.4 Å². The molecule has 1 aromatic carbocycles. The smallest absolute Gasteiger partial charge is 0.173 e. The number of benzene rings is 1. The van der Waals surface area contributed by atoms with Crippen molar-refractivity contribution in [3.63, 3.8) is 0 Å². The van der Waals surface area contributed by atoms with E-state index in [-0.39, 0.29) is 5.82 Å². The second-order valence-electron chi connectivity index (χ2n) is 6.61. The maximum absolute atomic E-state index is 14.0. The van der Waals surface area contributed by atoms with Crippen LogP contribution in [0.4, 0.5) is 4.39 Å². The van der Waals surface area contributed by atoms with Gasteiger partial charge >= 0.3 is 0 Å². The SMILES string of the molecule is Fc1cccc(Cl)c1CN1CCc2nc(C3=NCCCC3)ncc2C1. The minimum atomic E-state index is -0.250. The lowest BCUT2D eigenvalue weighted by atomic mass is 10.0. The maximum atomic E-state index is 14.0. The molecule has 2 aliphatic heterocycles. The molecule has 6 heteroatoms. The summed E-state index contributed by atoms with van der Waals surface area (Å²) in [5.74, 6) is 0.532. The van der Waals surface area contributed by atoms with E-state index in [1.807, 2.05) is 6.20 Å². The van der Waals surface area contributed by atoms with E-state index in [4.69, 9.17) is 16.6 Å². The fourth-order valence-corrected chi connectivity index (χ4v) is 3.66. The van der Waals surface area contributed by atoms with E-state index in [9.17, 15) is 4.39 Å². The zero-order valence-corrected chi connectivity index (χ0v) is 14.8. The van der Waals surface area contributed by atoms with Gasteiger partial charge in [-0.3, -0.25) is 9.89 Å². The van der Waals surface area contributed by atoms with Gasteiger partial charge in [0.1, 0.15) is 5.82 Å². The predicted molar refractivity (Wildman–Crippen MR) is 96.5 cm³/mol. The van der Waals surface area contributed by atoms with Crippen molar-refractivity contribution in [3.8, 4) is 0 Å².